The van der Waals surface area contributed by atoms with Gasteiger partial charge in [0.05, 0.1) is 18.9 Å². The summed E-state index contributed by atoms with van der Waals surface area (Å²) >= 11 is 0. The van der Waals surface area contributed by atoms with Crippen molar-refractivity contribution in [3.63, 3.8) is 0 Å². The molecule has 9 heteroatoms. The first kappa shape index (κ1) is 21.7. The molecule has 1 aromatic rings. The molecule has 3 rings (SSSR count). The molecule has 2 aliphatic heterocycles. The number of aliphatic imine (C=N–C) groups is 1. The number of fused-ring (bicyclic) bond motifs is 1. The van der Waals surface area contributed by atoms with Crippen molar-refractivity contribution in [3.8, 4) is 11.5 Å². The van der Waals surface area contributed by atoms with Crippen LogP contribution in [0.1, 0.15) is 38.3 Å². The van der Waals surface area contributed by atoms with E-state index in [9.17, 15) is 8.42 Å². The van der Waals surface area contributed by atoms with Crippen molar-refractivity contribution in [1.82, 2.24) is 14.9 Å². The molecule has 2 N–H and O–H groups in total. The summed E-state index contributed by atoms with van der Waals surface area (Å²) in [5.41, 5.74) is 2.14. The molecule has 162 valence electrons. The lowest BCUT2D eigenvalue weighted by Crippen LogP contribution is -2.42. The summed E-state index contributed by atoms with van der Waals surface area (Å²) in [6.45, 7) is 9.34. The quantitative estimate of drug-likeness (QED) is 0.485. The van der Waals surface area contributed by atoms with Crippen LogP contribution in [-0.4, -0.2) is 63.3 Å². The molecule has 2 aliphatic rings. The third kappa shape index (κ3) is 5.54. The highest BCUT2D eigenvalue weighted by atomic mass is 32.2. The third-order valence-corrected chi connectivity index (χ3v) is 6.94. The van der Waals surface area contributed by atoms with Gasteiger partial charge in [-0.1, -0.05) is 0 Å². The standard InChI is InChI=1S/C20H32N4O4S/c1-4-21-20(22-7-9-24-8-6-10-29(24,25)26)23-14-17-13-19-16(11-15(3)28-19)12-18(17)27-5-2/h12-13,15H,4-11,14H2,1-3H3,(H2,21,22,23). The molecule has 2 heterocycles. The van der Waals surface area contributed by atoms with Crippen molar-refractivity contribution in [1.29, 1.82) is 0 Å². The molecule has 1 saturated heterocycles. The first-order valence-corrected chi connectivity index (χ1v) is 12.0. The lowest BCUT2D eigenvalue weighted by molar-refractivity contribution is 0.254. The van der Waals surface area contributed by atoms with Gasteiger partial charge in [-0.25, -0.2) is 17.7 Å². The van der Waals surface area contributed by atoms with Crippen LogP contribution in [0.3, 0.4) is 0 Å². The van der Waals surface area contributed by atoms with Gasteiger partial charge in [0.1, 0.15) is 17.6 Å². The molecule has 1 fully saturated rings. The van der Waals surface area contributed by atoms with Gasteiger partial charge in [-0.3, -0.25) is 0 Å². The Balaban J connectivity index is 1.65. The van der Waals surface area contributed by atoms with Gasteiger partial charge < -0.3 is 20.1 Å². The molecule has 29 heavy (non-hydrogen) atoms. The average molecular weight is 425 g/mol. The largest absolute Gasteiger partial charge is 0.494 e. The highest BCUT2D eigenvalue weighted by Gasteiger charge is 2.27. The van der Waals surface area contributed by atoms with Crippen LogP contribution >= 0.6 is 0 Å². The summed E-state index contributed by atoms with van der Waals surface area (Å²) in [5, 5.41) is 6.44. The van der Waals surface area contributed by atoms with E-state index in [2.05, 4.69) is 28.6 Å². The molecular formula is C20H32N4O4S. The van der Waals surface area contributed by atoms with Crippen molar-refractivity contribution in [3.05, 3.63) is 23.3 Å². The number of sulfonamides is 1. The summed E-state index contributed by atoms with van der Waals surface area (Å²) in [7, 11) is -3.07. The van der Waals surface area contributed by atoms with Crippen LogP contribution in [0.15, 0.2) is 17.1 Å². The van der Waals surface area contributed by atoms with E-state index in [0.717, 1.165) is 30.0 Å². The summed E-state index contributed by atoms with van der Waals surface area (Å²) in [6.07, 6.45) is 1.78. The topological polar surface area (TPSA) is 92.3 Å². The van der Waals surface area contributed by atoms with E-state index in [1.54, 1.807) is 0 Å². The molecule has 1 unspecified atom stereocenters. The SMILES string of the molecule is CCNC(=NCc1cc2c(cc1OCC)CC(C)O2)NCCN1CCCS1(=O)=O. The maximum atomic E-state index is 11.9. The lowest BCUT2D eigenvalue weighted by Gasteiger charge is -2.17. The second-order valence-electron chi connectivity index (χ2n) is 7.32. The summed E-state index contributed by atoms with van der Waals surface area (Å²) in [5.74, 6) is 2.65. The normalized spacial score (nSPS) is 20.9. The van der Waals surface area contributed by atoms with E-state index in [4.69, 9.17) is 9.47 Å². The molecule has 0 radical (unpaired) electrons. The molecule has 0 aliphatic carbocycles. The van der Waals surface area contributed by atoms with Crippen LogP contribution in [-0.2, 0) is 23.0 Å². The number of nitrogens with one attached hydrogen (secondary N) is 2. The Hall–Kier alpha value is -2.00. The van der Waals surface area contributed by atoms with Crippen LogP contribution in [0.5, 0.6) is 11.5 Å². The van der Waals surface area contributed by atoms with E-state index < -0.39 is 10.0 Å². The monoisotopic (exact) mass is 424 g/mol. The van der Waals surface area contributed by atoms with Crippen LogP contribution < -0.4 is 20.1 Å². The van der Waals surface area contributed by atoms with Gasteiger partial charge in [-0.15, -0.1) is 0 Å². The Bertz CT molecular complexity index is 841. The van der Waals surface area contributed by atoms with Crippen LogP contribution in [0.2, 0.25) is 0 Å². The molecule has 0 amide bonds. The zero-order chi connectivity index (χ0) is 20.9. The van der Waals surface area contributed by atoms with Gasteiger partial charge in [-0.2, -0.15) is 0 Å². The average Bonchev–Trinajstić information content (AvgIpc) is 3.19. The fourth-order valence-electron chi connectivity index (χ4n) is 3.64. The highest BCUT2D eigenvalue weighted by molar-refractivity contribution is 7.89. The van der Waals surface area contributed by atoms with E-state index in [0.29, 0.717) is 45.2 Å². The minimum Gasteiger partial charge on any atom is -0.494 e. The number of nitrogens with zero attached hydrogens (tertiary/aromatic N) is 2. The molecule has 0 spiro atoms. The molecule has 1 atom stereocenters. The molecular weight excluding hydrogens is 392 g/mol. The van der Waals surface area contributed by atoms with E-state index in [1.807, 2.05) is 19.9 Å². The van der Waals surface area contributed by atoms with Crippen LogP contribution in [0.4, 0.5) is 0 Å². The smallest absolute Gasteiger partial charge is 0.214 e. The van der Waals surface area contributed by atoms with Crippen LogP contribution in [0.25, 0.3) is 0 Å². The Kier molecular flexibility index (Phi) is 7.23. The van der Waals surface area contributed by atoms with Gasteiger partial charge in [0.15, 0.2) is 5.96 Å². The number of ether oxygens (including phenoxy) is 2. The molecule has 1 aromatic carbocycles. The van der Waals surface area contributed by atoms with Crippen molar-refractivity contribution < 1.29 is 17.9 Å². The van der Waals surface area contributed by atoms with Crippen LogP contribution in [0, 0.1) is 0 Å². The van der Waals surface area contributed by atoms with Gasteiger partial charge >= 0.3 is 0 Å². The van der Waals surface area contributed by atoms with Gasteiger partial charge in [-0.05, 0) is 39.3 Å². The lowest BCUT2D eigenvalue weighted by atomic mass is 10.1. The highest BCUT2D eigenvalue weighted by Crippen LogP contribution is 2.35. The summed E-state index contributed by atoms with van der Waals surface area (Å²) < 4.78 is 37.1. The zero-order valence-corrected chi connectivity index (χ0v) is 18.3. The van der Waals surface area contributed by atoms with Crippen molar-refractivity contribution >= 4 is 16.0 Å². The molecule has 0 saturated carbocycles. The Labute approximate surface area is 173 Å². The van der Waals surface area contributed by atoms with Gasteiger partial charge in [0.25, 0.3) is 0 Å². The fourth-order valence-corrected chi connectivity index (χ4v) is 5.17. The van der Waals surface area contributed by atoms with E-state index >= 15 is 0 Å². The fraction of sp³-hybridized carbons (Fsp3) is 0.650. The zero-order valence-electron chi connectivity index (χ0n) is 17.5. The Morgan fingerprint density at radius 3 is 2.86 bits per heavy atom. The second-order valence-corrected chi connectivity index (χ2v) is 9.41. The van der Waals surface area contributed by atoms with Gasteiger partial charge in [0.2, 0.25) is 10.0 Å². The predicted octanol–water partition coefficient (Wildman–Crippen LogP) is 1.50. The Morgan fingerprint density at radius 2 is 2.17 bits per heavy atom. The van der Waals surface area contributed by atoms with E-state index in [1.165, 1.54) is 9.87 Å². The number of guanidine groups is 1. The molecule has 0 bridgehead atoms. The van der Waals surface area contributed by atoms with Crippen molar-refractivity contribution in [2.75, 3.05) is 38.5 Å². The maximum absolute atomic E-state index is 11.9. The second kappa shape index (κ2) is 9.67. The first-order chi connectivity index (χ1) is 13.9. The predicted molar refractivity (Wildman–Crippen MR) is 114 cm³/mol. The van der Waals surface area contributed by atoms with Crippen molar-refractivity contribution in [2.24, 2.45) is 4.99 Å². The summed E-state index contributed by atoms with van der Waals surface area (Å²) in [6, 6.07) is 4.08. The van der Waals surface area contributed by atoms with Crippen molar-refractivity contribution in [2.45, 2.75) is 46.3 Å². The molecule has 8 nitrogen and oxygen atoms in total. The maximum Gasteiger partial charge on any atom is 0.214 e. The first-order valence-electron chi connectivity index (χ1n) is 10.4. The minimum absolute atomic E-state index is 0.180. The number of rotatable bonds is 8. The molecule has 0 aromatic heterocycles. The minimum atomic E-state index is -3.07. The van der Waals surface area contributed by atoms with E-state index in [-0.39, 0.29) is 11.9 Å². The van der Waals surface area contributed by atoms with Gasteiger partial charge in [0, 0.05) is 43.7 Å². The number of hydrogen-bond donors (Lipinski definition) is 2. The summed E-state index contributed by atoms with van der Waals surface area (Å²) in [4.78, 5) is 4.66. The Morgan fingerprint density at radius 1 is 1.34 bits per heavy atom. The number of hydrogen-bond acceptors (Lipinski definition) is 5. The third-order valence-electron chi connectivity index (χ3n) is 4.99. The number of benzene rings is 1.